The Hall–Kier alpha value is -1.40. The molecular weight excluding hydrogens is 346 g/mol. The van der Waals surface area contributed by atoms with Crippen LogP contribution in [0.3, 0.4) is 0 Å². The summed E-state index contributed by atoms with van der Waals surface area (Å²) in [4.78, 5) is 14.9. The average molecular weight is 376 g/mol. The summed E-state index contributed by atoms with van der Waals surface area (Å²) in [6.45, 7) is 1.99. The molecule has 1 aromatic rings. The average Bonchev–Trinajstić information content (AvgIpc) is 3.21. The van der Waals surface area contributed by atoms with E-state index in [4.69, 9.17) is 0 Å². The summed E-state index contributed by atoms with van der Waals surface area (Å²) >= 11 is 0. The maximum Gasteiger partial charge on any atom is 0.331 e. The number of hydrogen-bond acceptors (Lipinski definition) is 3. The zero-order valence-electron chi connectivity index (χ0n) is 15.6. The Labute approximate surface area is 158 Å². The number of urea groups is 1. The van der Waals surface area contributed by atoms with Crippen LogP contribution in [0.15, 0.2) is 6.07 Å². The number of hydrogen-bond donors (Lipinski definition) is 2. The Kier molecular flexibility index (Phi) is 5.32. The zero-order chi connectivity index (χ0) is 18.1. The van der Waals surface area contributed by atoms with Crippen LogP contribution in [0.2, 0.25) is 0 Å². The van der Waals surface area contributed by atoms with E-state index >= 15 is 0 Å². The molecule has 2 amide bonds. The van der Waals surface area contributed by atoms with Crippen molar-refractivity contribution in [3.63, 3.8) is 0 Å². The molecule has 26 heavy (non-hydrogen) atoms. The molecule has 2 N–H and O–H groups in total. The minimum absolute atomic E-state index is 0.0536. The summed E-state index contributed by atoms with van der Waals surface area (Å²) < 4.78 is 15.4. The van der Waals surface area contributed by atoms with E-state index in [1.807, 2.05) is 0 Å². The van der Waals surface area contributed by atoms with Gasteiger partial charge in [0, 0.05) is 5.69 Å². The van der Waals surface area contributed by atoms with Gasteiger partial charge in [-0.25, -0.2) is 9.00 Å². The molecule has 1 heterocycles. The van der Waals surface area contributed by atoms with Crippen LogP contribution in [0.5, 0.6) is 0 Å². The molecule has 0 aromatic heterocycles. The number of carbonyl (C=O) groups excluding carboxylic acids is 1. The van der Waals surface area contributed by atoms with Crippen LogP contribution in [0.1, 0.15) is 54.4 Å². The molecule has 5 nitrogen and oxygen atoms in total. The molecular formula is C20H29N3O2S. The van der Waals surface area contributed by atoms with Gasteiger partial charge in [0.15, 0.2) is 0 Å². The van der Waals surface area contributed by atoms with E-state index in [1.54, 1.807) is 0 Å². The number of amides is 2. The second-order valence-corrected chi connectivity index (χ2v) is 9.41. The molecule has 2 atom stereocenters. The summed E-state index contributed by atoms with van der Waals surface area (Å²) in [7, 11) is 0.778. The largest absolute Gasteiger partial charge is 0.331 e. The molecule has 1 aliphatic heterocycles. The maximum absolute atomic E-state index is 12.6. The lowest BCUT2D eigenvalue weighted by atomic mass is 9.99. The minimum Gasteiger partial charge on any atom is -0.307 e. The highest BCUT2D eigenvalue weighted by Crippen LogP contribution is 2.38. The molecule has 2 unspecified atom stereocenters. The Morgan fingerprint density at radius 3 is 2.42 bits per heavy atom. The van der Waals surface area contributed by atoms with Crippen LogP contribution in [-0.4, -0.2) is 40.5 Å². The van der Waals surface area contributed by atoms with Crippen molar-refractivity contribution in [2.24, 2.45) is 0 Å². The number of anilines is 1. The van der Waals surface area contributed by atoms with Gasteiger partial charge in [0.25, 0.3) is 0 Å². The Balaban J connectivity index is 1.45. The summed E-state index contributed by atoms with van der Waals surface area (Å²) in [6.07, 6.45) is 9.45. The van der Waals surface area contributed by atoms with E-state index in [1.165, 1.54) is 22.3 Å². The first-order valence-corrected chi connectivity index (χ1v) is 11.2. The number of nitrogens with zero attached hydrogens (tertiary/aromatic N) is 1. The summed E-state index contributed by atoms with van der Waals surface area (Å²) in [5.74, 6) is 0. The van der Waals surface area contributed by atoms with Crippen LogP contribution in [0, 0.1) is 0 Å². The molecule has 6 heteroatoms. The van der Waals surface area contributed by atoms with Gasteiger partial charge in [-0.2, -0.15) is 0 Å². The molecule has 0 radical (unpaired) electrons. The standard InChI is InChI=1S/C20H29N3O2S/c1-23-11-4-7-16(10-12-23)26(25)22-20(24)21-19-17-8-2-5-14(17)13-15-6-3-9-18(15)19/h13,16H,2-12H2,1H3,(H2,21,22,24). The van der Waals surface area contributed by atoms with Crippen molar-refractivity contribution in [3.8, 4) is 0 Å². The predicted octanol–water partition coefficient (Wildman–Crippen LogP) is 2.93. The fraction of sp³-hybridized carbons (Fsp3) is 0.650. The molecule has 3 aliphatic rings. The van der Waals surface area contributed by atoms with Gasteiger partial charge < -0.3 is 10.2 Å². The molecule has 0 spiro atoms. The quantitative estimate of drug-likeness (QED) is 0.854. The summed E-state index contributed by atoms with van der Waals surface area (Å²) in [6, 6.07) is 2.05. The first-order chi connectivity index (χ1) is 12.6. The SMILES string of the molecule is CN1CCCC(S(=O)NC(=O)Nc2c3c(cc4c2CCC4)CCC3)CC1. The molecule has 1 saturated heterocycles. The van der Waals surface area contributed by atoms with Gasteiger partial charge in [-0.1, -0.05) is 6.07 Å². The number of nitrogens with one attached hydrogen (secondary N) is 2. The van der Waals surface area contributed by atoms with Crippen molar-refractivity contribution in [2.75, 3.05) is 25.5 Å². The normalized spacial score (nSPS) is 23.8. The van der Waals surface area contributed by atoms with E-state index in [9.17, 15) is 9.00 Å². The van der Waals surface area contributed by atoms with Crippen LogP contribution in [0.25, 0.3) is 0 Å². The Bertz CT molecular complexity index is 702. The first kappa shape index (κ1) is 18.0. The molecule has 142 valence electrons. The Morgan fingerprint density at radius 1 is 1.04 bits per heavy atom. The van der Waals surface area contributed by atoms with Crippen LogP contribution < -0.4 is 10.0 Å². The minimum atomic E-state index is -1.32. The molecule has 1 aromatic carbocycles. The van der Waals surface area contributed by atoms with Crippen LogP contribution in [0.4, 0.5) is 10.5 Å². The fourth-order valence-electron chi connectivity index (χ4n) is 4.70. The van der Waals surface area contributed by atoms with Gasteiger partial charge >= 0.3 is 6.03 Å². The number of likely N-dealkylation sites (tertiary alicyclic amines) is 1. The second-order valence-electron chi connectivity index (χ2n) is 7.94. The van der Waals surface area contributed by atoms with E-state index in [2.05, 4.69) is 28.1 Å². The van der Waals surface area contributed by atoms with Gasteiger partial charge in [-0.05, 0) is 100 Å². The summed E-state index contributed by atoms with van der Waals surface area (Å²) in [5, 5.41) is 3.14. The Morgan fingerprint density at radius 2 is 1.73 bits per heavy atom. The van der Waals surface area contributed by atoms with Gasteiger partial charge in [0.2, 0.25) is 0 Å². The van der Waals surface area contributed by atoms with Crippen molar-refractivity contribution in [1.82, 2.24) is 9.62 Å². The summed E-state index contributed by atoms with van der Waals surface area (Å²) in [5.41, 5.74) is 6.43. The molecule has 2 aliphatic carbocycles. The van der Waals surface area contributed by atoms with Crippen molar-refractivity contribution in [2.45, 2.75) is 63.0 Å². The van der Waals surface area contributed by atoms with Crippen LogP contribution >= 0.6 is 0 Å². The third kappa shape index (κ3) is 3.67. The number of fused-ring (bicyclic) bond motifs is 2. The molecule has 4 rings (SSSR count). The smallest absolute Gasteiger partial charge is 0.307 e. The van der Waals surface area contributed by atoms with Crippen molar-refractivity contribution in [3.05, 3.63) is 28.3 Å². The van der Waals surface area contributed by atoms with E-state index in [-0.39, 0.29) is 11.3 Å². The fourth-order valence-corrected chi connectivity index (χ4v) is 5.81. The maximum atomic E-state index is 12.6. The van der Waals surface area contributed by atoms with E-state index < -0.39 is 11.0 Å². The van der Waals surface area contributed by atoms with Crippen molar-refractivity contribution in [1.29, 1.82) is 0 Å². The van der Waals surface area contributed by atoms with Crippen LogP contribution in [-0.2, 0) is 36.7 Å². The monoisotopic (exact) mass is 375 g/mol. The number of aryl methyl sites for hydroxylation is 2. The topological polar surface area (TPSA) is 61.4 Å². The highest BCUT2D eigenvalue weighted by molar-refractivity contribution is 7.84. The van der Waals surface area contributed by atoms with Crippen molar-refractivity contribution >= 4 is 22.7 Å². The van der Waals surface area contributed by atoms with Gasteiger partial charge in [0.1, 0.15) is 11.0 Å². The lowest BCUT2D eigenvalue weighted by Crippen LogP contribution is -2.37. The molecule has 1 fully saturated rings. The second kappa shape index (κ2) is 7.69. The van der Waals surface area contributed by atoms with E-state index in [0.717, 1.165) is 76.6 Å². The highest BCUT2D eigenvalue weighted by Gasteiger charge is 2.26. The molecule has 0 saturated carbocycles. The number of rotatable bonds is 3. The third-order valence-corrected chi connectivity index (χ3v) is 7.57. The van der Waals surface area contributed by atoms with Gasteiger partial charge in [0.05, 0.1) is 5.25 Å². The highest BCUT2D eigenvalue weighted by atomic mass is 32.2. The molecule has 0 bridgehead atoms. The number of benzene rings is 1. The number of carbonyl (C=O) groups is 1. The zero-order valence-corrected chi connectivity index (χ0v) is 16.4. The van der Waals surface area contributed by atoms with Crippen molar-refractivity contribution < 1.29 is 9.00 Å². The first-order valence-electron chi connectivity index (χ1n) is 9.95. The van der Waals surface area contributed by atoms with E-state index in [0.29, 0.717) is 0 Å². The van der Waals surface area contributed by atoms with Gasteiger partial charge in [-0.15, -0.1) is 0 Å². The van der Waals surface area contributed by atoms with Gasteiger partial charge in [-0.3, -0.25) is 4.72 Å². The lowest BCUT2D eigenvalue weighted by Gasteiger charge is -2.18. The third-order valence-electron chi connectivity index (χ3n) is 6.11. The lowest BCUT2D eigenvalue weighted by molar-refractivity contribution is 0.256. The predicted molar refractivity (Wildman–Crippen MR) is 106 cm³/mol.